The Kier molecular flexibility index (Phi) is 3.50. The van der Waals surface area contributed by atoms with E-state index in [1.165, 1.54) is 11.1 Å². The summed E-state index contributed by atoms with van der Waals surface area (Å²) in [5, 5.41) is 10.4. The van der Waals surface area contributed by atoms with Crippen molar-refractivity contribution in [2.24, 2.45) is 0 Å². The van der Waals surface area contributed by atoms with E-state index in [9.17, 15) is 5.11 Å². The van der Waals surface area contributed by atoms with Crippen LogP contribution in [0.25, 0.3) is 0 Å². The fourth-order valence-electron chi connectivity index (χ4n) is 2.85. The fourth-order valence-corrected chi connectivity index (χ4v) is 2.85. The number of hydrogen-bond acceptors (Lipinski definition) is 2. The summed E-state index contributed by atoms with van der Waals surface area (Å²) in [7, 11) is 0. The lowest BCUT2D eigenvalue weighted by molar-refractivity contribution is 0.0493. The lowest BCUT2D eigenvalue weighted by Gasteiger charge is -2.21. The Morgan fingerprint density at radius 1 is 1.00 bits per heavy atom. The predicted octanol–water partition coefficient (Wildman–Crippen LogP) is 4.02. The molecule has 0 radical (unpaired) electrons. The van der Waals surface area contributed by atoms with Crippen molar-refractivity contribution in [3.63, 3.8) is 0 Å². The van der Waals surface area contributed by atoms with E-state index in [1.54, 1.807) is 0 Å². The third-order valence-electron chi connectivity index (χ3n) is 4.15. The van der Waals surface area contributed by atoms with Gasteiger partial charge in [0.25, 0.3) is 0 Å². The highest BCUT2D eigenvalue weighted by Gasteiger charge is 2.32. The molecule has 21 heavy (non-hydrogen) atoms. The van der Waals surface area contributed by atoms with Gasteiger partial charge in [0.05, 0.1) is 0 Å². The van der Waals surface area contributed by atoms with E-state index in [4.69, 9.17) is 4.74 Å². The van der Waals surface area contributed by atoms with Crippen LogP contribution in [-0.4, -0.2) is 11.2 Å². The molecule has 2 heteroatoms. The van der Waals surface area contributed by atoms with Gasteiger partial charge in [-0.1, -0.05) is 57.2 Å². The van der Waals surface area contributed by atoms with E-state index >= 15 is 0 Å². The fraction of sp³-hybridized carbons (Fsp3) is 0.368. The van der Waals surface area contributed by atoms with Crippen LogP contribution in [-0.2, 0) is 11.8 Å². The zero-order chi connectivity index (χ0) is 15.0. The summed E-state index contributed by atoms with van der Waals surface area (Å²) in [6, 6.07) is 16.2. The maximum atomic E-state index is 10.4. The number of hydrogen-bond donors (Lipinski definition) is 1. The molecule has 2 aromatic carbocycles. The van der Waals surface area contributed by atoms with Gasteiger partial charge in [0.2, 0.25) is 0 Å². The summed E-state index contributed by atoms with van der Waals surface area (Å²) >= 11 is 0. The molecule has 0 fully saturated rings. The van der Waals surface area contributed by atoms with E-state index in [-0.39, 0.29) is 11.5 Å². The Labute approximate surface area is 126 Å². The van der Waals surface area contributed by atoms with Gasteiger partial charge >= 0.3 is 0 Å². The summed E-state index contributed by atoms with van der Waals surface area (Å²) < 4.78 is 5.99. The summed E-state index contributed by atoms with van der Waals surface area (Å²) in [5.41, 5.74) is 3.60. The van der Waals surface area contributed by atoms with E-state index in [1.807, 2.05) is 30.3 Å². The topological polar surface area (TPSA) is 29.5 Å². The van der Waals surface area contributed by atoms with Gasteiger partial charge in [0.1, 0.15) is 18.0 Å². The monoisotopic (exact) mass is 282 g/mol. The van der Waals surface area contributed by atoms with Crippen molar-refractivity contribution in [1.29, 1.82) is 0 Å². The lowest BCUT2D eigenvalue weighted by Crippen LogP contribution is -2.21. The maximum Gasteiger partial charge on any atom is 0.133 e. The van der Waals surface area contributed by atoms with Crippen molar-refractivity contribution in [3.05, 3.63) is 65.2 Å². The highest BCUT2D eigenvalue weighted by atomic mass is 16.5. The molecule has 2 unspecified atom stereocenters. The predicted molar refractivity (Wildman–Crippen MR) is 84.7 cm³/mol. The summed E-state index contributed by atoms with van der Waals surface area (Å²) in [6.45, 7) is 6.58. The second-order valence-electron chi connectivity index (χ2n) is 6.78. The Hall–Kier alpha value is -1.80. The average Bonchev–Trinajstić information content (AvgIpc) is 2.76. The summed E-state index contributed by atoms with van der Waals surface area (Å²) in [6.07, 6.45) is 0.0321. The molecule has 0 saturated heterocycles. The smallest absolute Gasteiger partial charge is 0.133 e. The normalized spacial score (nSPS) is 21.1. The number of benzene rings is 2. The van der Waals surface area contributed by atoms with Gasteiger partial charge in [-0.05, 0) is 34.2 Å². The van der Waals surface area contributed by atoms with Crippen molar-refractivity contribution in [1.82, 2.24) is 0 Å². The molecule has 0 saturated carbocycles. The average molecular weight is 282 g/mol. The third kappa shape index (κ3) is 2.81. The van der Waals surface area contributed by atoms with Gasteiger partial charge in [-0.3, -0.25) is 0 Å². The highest BCUT2D eigenvalue weighted by Crippen LogP contribution is 2.34. The largest absolute Gasteiger partial charge is 0.487 e. The van der Waals surface area contributed by atoms with Crippen molar-refractivity contribution in [3.8, 4) is 5.75 Å². The Morgan fingerprint density at radius 2 is 1.67 bits per heavy atom. The zero-order valence-corrected chi connectivity index (χ0v) is 12.8. The third-order valence-corrected chi connectivity index (χ3v) is 4.15. The Bertz CT molecular complexity index is 623. The number of aliphatic hydroxyl groups is 1. The molecule has 0 spiro atoms. The van der Waals surface area contributed by atoms with Crippen LogP contribution in [0.3, 0.4) is 0 Å². The van der Waals surface area contributed by atoms with Gasteiger partial charge in [-0.15, -0.1) is 0 Å². The van der Waals surface area contributed by atoms with Crippen LogP contribution in [0.15, 0.2) is 48.5 Å². The quantitative estimate of drug-likeness (QED) is 0.901. The van der Waals surface area contributed by atoms with Crippen LogP contribution in [0, 0.1) is 0 Å². The van der Waals surface area contributed by atoms with Crippen LogP contribution in [0.1, 0.15) is 43.6 Å². The molecule has 2 atom stereocenters. The first-order chi connectivity index (χ1) is 9.95. The van der Waals surface area contributed by atoms with E-state index in [0.717, 1.165) is 17.7 Å². The zero-order valence-electron chi connectivity index (χ0n) is 12.8. The SMILES string of the molecule is CC(C)(C)c1ccc(OC2Cc3ccccc3C2O)cc1. The van der Waals surface area contributed by atoms with Gasteiger partial charge in [-0.2, -0.15) is 0 Å². The molecule has 3 rings (SSSR count). The van der Waals surface area contributed by atoms with Gasteiger partial charge in [0, 0.05) is 6.42 Å². The number of aliphatic hydroxyl groups excluding tert-OH is 1. The van der Waals surface area contributed by atoms with E-state index < -0.39 is 6.10 Å². The molecular formula is C19H22O2. The van der Waals surface area contributed by atoms with Crippen molar-refractivity contribution in [2.45, 2.75) is 44.8 Å². The van der Waals surface area contributed by atoms with E-state index in [2.05, 4.69) is 39.0 Å². The summed E-state index contributed by atoms with van der Waals surface area (Å²) in [5.74, 6) is 0.819. The molecule has 2 aromatic rings. The number of rotatable bonds is 2. The minimum atomic E-state index is -0.538. The Balaban J connectivity index is 1.74. The van der Waals surface area contributed by atoms with Gasteiger partial charge in [-0.25, -0.2) is 0 Å². The first-order valence-corrected chi connectivity index (χ1v) is 7.48. The van der Waals surface area contributed by atoms with Crippen molar-refractivity contribution in [2.75, 3.05) is 0 Å². The molecule has 0 aromatic heterocycles. The van der Waals surface area contributed by atoms with Crippen molar-refractivity contribution >= 4 is 0 Å². The second-order valence-corrected chi connectivity index (χ2v) is 6.78. The first-order valence-electron chi connectivity index (χ1n) is 7.48. The Morgan fingerprint density at radius 3 is 2.29 bits per heavy atom. The minimum absolute atomic E-state index is 0.141. The number of fused-ring (bicyclic) bond motifs is 1. The lowest BCUT2D eigenvalue weighted by atomic mass is 9.87. The van der Waals surface area contributed by atoms with Crippen LogP contribution in [0.5, 0.6) is 5.75 Å². The molecular weight excluding hydrogens is 260 g/mol. The molecule has 0 bridgehead atoms. The molecule has 0 aliphatic heterocycles. The van der Waals surface area contributed by atoms with Crippen LogP contribution >= 0.6 is 0 Å². The molecule has 2 nitrogen and oxygen atoms in total. The standard InChI is InChI=1S/C19H22O2/c1-19(2,3)14-8-10-15(11-9-14)21-17-12-13-6-4-5-7-16(13)18(17)20/h4-11,17-18,20H,12H2,1-3H3. The van der Waals surface area contributed by atoms with Gasteiger partial charge < -0.3 is 9.84 Å². The second kappa shape index (κ2) is 5.19. The number of ether oxygens (including phenoxy) is 1. The molecule has 1 N–H and O–H groups in total. The molecule has 1 aliphatic carbocycles. The molecule has 0 amide bonds. The van der Waals surface area contributed by atoms with E-state index in [0.29, 0.717) is 0 Å². The first kappa shape index (κ1) is 14.2. The molecule has 0 heterocycles. The van der Waals surface area contributed by atoms with Gasteiger partial charge in [0.15, 0.2) is 0 Å². The van der Waals surface area contributed by atoms with Crippen molar-refractivity contribution < 1.29 is 9.84 Å². The maximum absolute atomic E-state index is 10.4. The van der Waals surface area contributed by atoms with Crippen LogP contribution in [0.2, 0.25) is 0 Å². The molecule has 1 aliphatic rings. The van der Waals surface area contributed by atoms with Crippen LogP contribution in [0.4, 0.5) is 0 Å². The highest BCUT2D eigenvalue weighted by molar-refractivity contribution is 5.37. The minimum Gasteiger partial charge on any atom is -0.487 e. The summed E-state index contributed by atoms with van der Waals surface area (Å²) in [4.78, 5) is 0. The van der Waals surface area contributed by atoms with Crippen LogP contribution < -0.4 is 4.74 Å². The molecule has 110 valence electrons.